The highest BCUT2D eigenvalue weighted by molar-refractivity contribution is 7.99. The minimum Gasteiger partial charge on any atom is -0.468 e. The molecule has 2 heterocycles. The summed E-state index contributed by atoms with van der Waals surface area (Å²) in [5, 5.41) is 1.25. The van der Waals surface area contributed by atoms with Crippen molar-refractivity contribution in [3.8, 4) is 0 Å². The number of amides is 1. The van der Waals surface area contributed by atoms with Crippen molar-refractivity contribution in [3.05, 3.63) is 58.0 Å². The number of nitrogens with zero attached hydrogens (tertiary/aromatic N) is 1. The predicted octanol–water partition coefficient (Wildman–Crippen LogP) is 4.91. The lowest BCUT2D eigenvalue weighted by atomic mass is 10.1. The fraction of sp³-hybridized carbons (Fsp3) is 0.312. The van der Waals surface area contributed by atoms with E-state index >= 15 is 0 Å². The Labute approximate surface area is 143 Å². The maximum atomic E-state index is 12.7. The van der Waals surface area contributed by atoms with Crippen LogP contribution in [0.15, 0.2) is 41.0 Å². The molecule has 6 heteroatoms. The zero-order chi connectivity index (χ0) is 15.5. The van der Waals surface area contributed by atoms with Crippen molar-refractivity contribution in [1.29, 1.82) is 0 Å². The maximum Gasteiger partial charge on any atom is 0.255 e. The number of halogens is 2. The molecule has 22 heavy (non-hydrogen) atoms. The van der Waals surface area contributed by atoms with Crippen LogP contribution >= 0.6 is 35.0 Å². The zero-order valence-electron chi connectivity index (χ0n) is 11.8. The van der Waals surface area contributed by atoms with Crippen LogP contribution in [0.1, 0.15) is 27.8 Å². The van der Waals surface area contributed by atoms with Crippen molar-refractivity contribution in [2.24, 2.45) is 0 Å². The third-order valence-corrected chi connectivity index (χ3v) is 5.50. The average Bonchev–Trinajstić information content (AvgIpc) is 2.94. The van der Waals surface area contributed by atoms with Gasteiger partial charge < -0.3 is 9.32 Å². The van der Waals surface area contributed by atoms with Gasteiger partial charge in [0, 0.05) is 23.9 Å². The molecule has 3 rings (SSSR count). The molecule has 1 aliphatic rings. The van der Waals surface area contributed by atoms with Gasteiger partial charge in [0.2, 0.25) is 0 Å². The van der Waals surface area contributed by atoms with Crippen molar-refractivity contribution in [2.75, 3.05) is 18.8 Å². The van der Waals surface area contributed by atoms with Gasteiger partial charge in [0.15, 0.2) is 0 Å². The van der Waals surface area contributed by atoms with Crippen molar-refractivity contribution in [2.45, 2.75) is 11.7 Å². The second-order valence-electron chi connectivity index (χ2n) is 5.08. The summed E-state index contributed by atoms with van der Waals surface area (Å²) >= 11 is 13.9. The molecule has 0 spiro atoms. The summed E-state index contributed by atoms with van der Waals surface area (Å²) in [6.07, 6.45) is 2.55. The van der Waals surface area contributed by atoms with E-state index in [4.69, 9.17) is 27.6 Å². The monoisotopic (exact) mass is 355 g/mol. The number of hydrogen-bond donors (Lipinski definition) is 0. The molecular formula is C16H15Cl2NO2S. The second kappa shape index (κ2) is 6.99. The van der Waals surface area contributed by atoms with Crippen LogP contribution in [0, 0.1) is 0 Å². The van der Waals surface area contributed by atoms with Gasteiger partial charge in [0.25, 0.3) is 5.91 Å². The van der Waals surface area contributed by atoms with E-state index in [9.17, 15) is 4.79 Å². The molecule has 3 nitrogen and oxygen atoms in total. The van der Waals surface area contributed by atoms with Gasteiger partial charge in [-0.1, -0.05) is 23.2 Å². The summed E-state index contributed by atoms with van der Waals surface area (Å²) in [6, 6.07) is 8.87. The third-order valence-electron chi connectivity index (χ3n) is 3.65. The highest BCUT2D eigenvalue weighted by Gasteiger charge is 2.25. The Balaban J connectivity index is 1.73. The van der Waals surface area contributed by atoms with E-state index in [1.54, 1.807) is 24.5 Å². The Bertz CT molecular complexity index is 660. The molecule has 0 aliphatic carbocycles. The van der Waals surface area contributed by atoms with Gasteiger partial charge in [0.05, 0.1) is 22.1 Å². The SMILES string of the molecule is O=C(c1cc(Cl)ccc1Cl)N1CCS[C@@H](c2ccco2)CC1. The fourth-order valence-electron chi connectivity index (χ4n) is 2.51. The molecule has 1 amide bonds. The van der Waals surface area contributed by atoms with Crippen LogP contribution < -0.4 is 0 Å². The molecule has 2 aromatic rings. The topological polar surface area (TPSA) is 33.5 Å². The highest BCUT2D eigenvalue weighted by atomic mass is 35.5. The van der Waals surface area contributed by atoms with E-state index in [2.05, 4.69) is 0 Å². The molecule has 1 aromatic heterocycles. The summed E-state index contributed by atoms with van der Waals surface area (Å²) in [6.45, 7) is 1.38. The fourth-order valence-corrected chi connectivity index (χ4v) is 4.06. The maximum absolute atomic E-state index is 12.7. The average molecular weight is 356 g/mol. The summed E-state index contributed by atoms with van der Waals surface area (Å²) in [4.78, 5) is 14.5. The smallest absolute Gasteiger partial charge is 0.255 e. The lowest BCUT2D eigenvalue weighted by Gasteiger charge is -2.21. The van der Waals surface area contributed by atoms with E-state index in [1.165, 1.54) is 0 Å². The van der Waals surface area contributed by atoms with Crippen LogP contribution in [0.5, 0.6) is 0 Å². The minimum atomic E-state index is -0.0619. The predicted molar refractivity (Wildman–Crippen MR) is 90.9 cm³/mol. The first-order valence-electron chi connectivity index (χ1n) is 7.04. The van der Waals surface area contributed by atoms with Crippen molar-refractivity contribution in [1.82, 2.24) is 4.90 Å². The number of rotatable bonds is 2. The van der Waals surface area contributed by atoms with Crippen LogP contribution in [0.2, 0.25) is 10.0 Å². The van der Waals surface area contributed by atoms with Gasteiger partial charge in [-0.3, -0.25) is 4.79 Å². The molecule has 1 saturated heterocycles. The Hall–Kier alpha value is -1.10. The van der Waals surface area contributed by atoms with E-state index in [0.717, 1.165) is 17.9 Å². The van der Waals surface area contributed by atoms with E-state index in [0.29, 0.717) is 33.9 Å². The lowest BCUT2D eigenvalue weighted by molar-refractivity contribution is 0.0766. The van der Waals surface area contributed by atoms with E-state index < -0.39 is 0 Å². The molecule has 116 valence electrons. The Kier molecular flexibility index (Phi) is 5.01. The molecular weight excluding hydrogens is 341 g/mol. The number of thioether (sulfide) groups is 1. The molecule has 0 saturated carbocycles. The van der Waals surface area contributed by atoms with Crippen LogP contribution in [0.3, 0.4) is 0 Å². The van der Waals surface area contributed by atoms with Crippen LogP contribution in [0.4, 0.5) is 0 Å². The molecule has 1 fully saturated rings. The van der Waals surface area contributed by atoms with Crippen LogP contribution in [-0.2, 0) is 0 Å². The van der Waals surface area contributed by atoms with E-state index in [1.807, 2.05) is 28.8 Å². The third kappa shape index (κ3) is 3.45. The standard InChI is InChI=1S/C16H15Cl2NO2S/c17-11-3-4-13(18)12(10-11)16(20)19-6-5-15(22-9-7-19)14-2-1-8-21-14/h1-4,8,10,15H,5-7,9H2/t15-/m1/s1. The van der Waals surface area contributed by atoms with Gasteiger partial charge in [0.1, 0.15) is 5.76 Å². The summed E-state index contributed by atoms with van der Waals surface area (Å²) in [7, 11) is 0. The van der Waals surface area contributed by atoms with Gasteiger partial charge in [-0.15, -0.1) is 11.8 Å². The van der Waals surface area contributed by atoms with E-state index in [-0.39, 0.29) is 5.91 Å². The van der Waals surface area contributed by atoms with Gasteiger partial charge in [-0.2, -0.15) is 0 Å². The molecule has 0 bridgehead atoms. The first-order chi connectivity index (χ1) is 10.6. The Morgan fingerprint density at radius 2 is 2.14 bits per heavy atom. The van der Waals surface area contributed by atoms with Gasteiger partial charge >= 0.3 is 0 Å². The van der Waals surface area contributed by atoms with Crippen molar-refractivity contribution in [3.63, 3.8) is 0 Å². The van der Waals surface area contributed by atoms with Crippen LogP contribution in [0.25, 0.3) is 0 Å². The largest absolute Gasteiger partial charge is 0.468 e. The number of benzene rings is 1. The summed E-state index contributed by atoms with van der Waals surface area (Å²) in [5.74, 6) is 1.78. The second-order valence-corrected chi connectivity index (χ2v) is 7.23. The normalized spacial score (nSPS) is 19.0. The Morgan fingerprint density at radius 3 is 2.91 bits per heavy atom. The Morgan fingerprint density at radius 1 is 1.27 bits per heavy atom. The number of carbonyl (C=O) groups is 1. The van der Waals surface area contributed by atoms with Crippen molar-refractivity contribution >= 4 is 40.9 Å². The zero-order valence-corrected chi connectivity index (χ0v) is 14.1. The van der Waals surface area contributed by atoms with Crippen LogP contribution in [-0.4, -0.2) is 29.6 Å². The summed E-state index contributed by atoms with van der Waals surface area (Å²) in [5.41, 5.74) is 0.468. The molecule has 1 atom stereocenters. The van der Waals surface area contributed by atoms with Gasteiger partial charge in [-0.25, -0.2) is 0 Å². The van der Waals surface area contributed by atoms with Crippen molar-refractivity contribution < 1.29 is 9.21 Å². The molecule has 1 aromatic carbocycles. The molecule has 1 aliphatic heterocycles. The van der Waals surface area contributed by atoms with Gasteiger partial charge in [-0.05, 0) is 36.8 Å². The molecule has 0 unspecified atom stereocenters. The highest BCUT2D eigenvalue weighted by Crippen LogP contribution is 2.35. The number of carbonyl (C=O) groups excluding carboxylic acids is 1. The molecule has 0 radical (unpaired) electrons. The number of hydrogen-bond acceptors (Lipinski definition) is 3. The number of furan rings is 1. The summed E-state index contributed by atoms with van der Waals surface area (Å²) < 4.78 is 5.48. The quantitative estimate of drug-likeness (QED) is 0.767. The molecule has 0 N–H and O–H groups in total. The first-order valence-corrected chi connectivity index (χ1v) is 8.85. The first kappa shape index (κ1) is 15.8. The minimum absolute atomic E-state index is 0.0619. The lowest BCUT2D eigenvalue weighted by Crippen LogP contribution is -2.33.